The predicted molar refractivity (Wildman–Crippen MR) is 129 cm³/mol. The first-order valence-corrected chi connectivity index (χ1v) is 12.0. The molecule has 0 saturated carbocycles. The van der Waals surface area contributed by atoms with Crippen molar-refractivity contribution in [2.45, 2.75) is 51.9 Å². The van der Waals surface area contributed by atoms with Crippen LogP contribution in [0.3, 0.4) is 0 Å². The van der Waals surface area contributed by atoms with Gasteiger partial charge in [0.2, 0.25) is 5.13 Å². The Kier molecular flexibility index (Phi) is 7.36. The van der Waals surface area contributed by atoms with Gasteiger partial charge in [-0.2, -0.15) is 0 Å². The van der Waals surface area contributed by atoms with Crippen molar-refractivity contribution in [3.05, 3.63) is 58.5 Å². The SMILES string of the molecule is CCCCCCCCOc1ccc(C=Nc2nc3c(s2)Cc2cc(OC)ccc2-3)cc1. The van der Waals surface area contributed by atoms with Gasteiger partial charge in [-0.1, -0.05) is 50.4 Å². The largest absolute Gasteiger partial charge is 0.497 e. The van der Waals surface area contributed by atoms with Crippen LogP contribution in [0, 0.1) is 0 Å². The summed E-state index contributed by atoms with van der Waals surface area (Å²) in [6, 6.07) is 14.3. The number of thiazole rings is 1. The highest BCUT2D eigenvalue weighted by molar-refractivity contribution is 7.15. The minimum atomic E-state index is 0.789. The van der Waals surface area contributed by atoms with Crippen LogP contribution >= 0.6 is 11.3 Å². The molecule has 1 aromatic heterocycles. The minimum Gasteiger partial charge on any atom is -0.497 e. The lowest BCUT2D eigenvalue weighted by Crippen LogP contribution is -1.97. The molecule has 2 aromatic carbocycles. The molecule has 1 aliphatic rings. The lowest BCUT2D eigenvalue weighted by Gasteiger charge is -2.06. The molecule has 3 aromatic rings. The van der Waals surface area contributed by atoms with Crippen LogP contribution in [-0.2, 0) is 6.42 Å². The van der Waals surface area contributed by atoms with Crippen molar-refractivity contribution in [1.82, 2.24) is 4.98 Å². The lowest BCUT2D eigenvalue weighted by molar-refractivity contribution is 0.304. The second-order valence-corrected chi connectivity index (χ2v) is 8.97. The number of aliphatic imine (C=N–C) groups is 1. The average molecular weight is 435 g/mol. The Balaban J connectivity index is 1.29. The fourth-order valence-corrected chi connectivity index (χ4v) is 4.77. The van der Waals surface area contributed by atoms with Crippen LogP contribution in [0.2, 0.25) is 0 Å². The van der Waals surface area contributed by atoms with Crippen molar-refractivity contribution in [1.29, 1.82) is 0 Å². The van der Waals surface area contributed by atoms with Crippen molar-refractivity contribution in [2.75, 3.05) is 13.7 Å². The van der Waals surface area contributed by atoms with E-state index in [0.717, 1.165) is 47.3 Å². The Labute approximate surface area is 189 Å². The molecule has 4 nitrogen and oxygen atoms in total. The van der Waals surface area contributed by atoms with Gasteiger partial charge in [-0.25, -0.2) is 9.98 Å². The van der Waals surface area contributed by atoms with E-state index in [2.05, 4.69) is 24.0 Å². The van der Waals surface area contributed by atoms with E-state index in [1.807, 2.05) is 36.5 Å². The van der Waals surface area contributed by atoms with Crippen LogP contribution in [0.5, 0.6) is 11.5 Å². The molecular weight excluding hydrogens is 404 g/mol. The zero-order valence-corrected chi connectivity index (χ0v) is 19.2. The molecule has 5 heteroatoms. The van der Waals surface area contributed by atoms with Crippen LogP contribution in [0.1, 0.15) is 61.5 Å². The summed E-state index contributed by atoms with van der Waals surface area (Å²) in [5.74, 6) is 1.82. The maximum atomic E-state index is 5.86. The molecule has 162 valence electrons. The number of ether oxygens (including phenoxy) is 2. The molecule has 1 heterocycles. The fourth-order valence-electron chi connectivity index (χ4n) is 3.82. The van der Waals surface area contributed by atoms with E-state index in [0.29, 0.717) is 0 Å². The monoisotopic (exact) mass is 434 g/mol. The first-order chi connectivity index (χ1) is 15.3. The number of fused-ring (bicyclic) bond motifs is 3. The van der Waals surface area contributed by atoms with Crippen LogP contribution in [0.4, 0.5) is 5.13 Å². The number of hydrogen-bond donors (Lipinski definition) is 0. The third kappa shape index (κ3) is 5.53. The van der Waals surface area contributed by atoms with Gasteiger partial charge in [0.15, 0.2) is 0 Å². The molecule has 31 heavy (non-hydrogen) atoms. The third-order valence-electron chi connectivity index (χ3n) is 5.58. The molecule has 0 spiro atoms. The van der Waals surface area contributed by atoms with Crippen LogP contribution in [-0.4, -0.2) is 24.9 Å². The Bertz CT molecular complexity index is 1020. The number of aromatic nitrogens is 1. The van der Waals surface area contributed by atoms with Gasteiger partial charge in [-0.05, 0) is 60.0 Å². The Morgan fingerprint density at radius 1 is 1.00 bits per heavy atom. The zero-order chi connectivity index (χ0) is 21.5. The van der Waals surface area contributed by atoms with E-state index in [9.17, 15) is 0 Å². The summed E-state index contributed by atoms with van der Waals surface area (Å²) >= 11 is 1.66. The highest BCUT2D eigenvalue weighted by Gasteiger charge is 2.23. The second-order valence-electron chi connectivity index (χ2n) is 7.91. The molecule has 0 atom stereocenters. The standard InChI is InChI=1S/C26H30N2O2S/c1-3-4-5-6-7-8-15-30-21-11-9-19(10-12-21)18-27-26-28-25-23-14-13-22(29-2)16-20(23)17-24(25)31-26/h9-14,16,18H,3-8,15,17H2,1-2H3. The molecular formula is C26H30N2O2S. The average Bonchev–Trinajstić information content (AvgIpc) is 3.34. The van der Waals surface area contributed by atoms with E-state index in [1.54, 1.807) is 18.4 Å². The van der Waals surface area contributed by atoms with Gasteiger partial charge in [0, 0.05) is 23.1 Å². The maximum Gasteiger partial charge on any atom is 0.209 e. The van der Waals surface area contributed by atoms with Crippen molar-refractivity contribution in [3.63, 3.8) is 0 Å². The van der Waals surface area contributed by atoms with E-state index >= 15 is 0 Å². The Morgan fingerprint density at radius 2 is 1.77 bits per heavy atom. The first kappa shape index (κ1) is 21.6. The summed E-state index contributed by atoms with van der Waals surface area (Å²) in [4.78, 5) is 10.6. The van der Waals surface area contributed by atoms with Crippen LogP contribution in [0.15, 0.2) is 47.5 Å². The summed E-state index contributed by atoms with van der Waals surface area (Å²) < 4.78 is 11.2. The van der Waals surface area contributed by atoms with Crippen LogP contribution in [0.25, 0.3) is 11.3 Å². The summed E-state index contributed by atoms with van der Waals surface area (Å²) in [5, 5.41) is 0.801. The molecule has 0 N–H and O–H groups in total. The Morgan fingerprint density at radius 3 is 2.58 bits per heavy atom. The molecule has 1 aliphatic carbocycles. The number of methoxy groups -OCH3 is 1. The van der Waals surface area contributed by atoms with E-state index in [1.165, 1.54) is 48.1 Å². The maximum absolute atomic E-state index is 5.86. The molecule has 0 saturated heterocycles. The molecule has 0 amide bonds. The van der Waals surface area contributed by atoms with Crippen molar-refractivity contribution in [3.8, 4) is 22.8 Å². The first-order valence-electron chi connectivity index (χ1n) is 11.2. The predicted octanol–water partition coefficient (Wildman–Crippen LogP) is 7.21. The van der Waals surface area contributed by atoms with Gasteiger partial charge >= 0.3 is 0 Å². The van der Waals surface area contributed by atoms with Crippen molar-refractivity contribution in [2.24, 2.45) is 4.99 Å². The lowest BCUT2D eigenvalue weighted by atomic mass is 10.1. The Hall–Kier alpha value is -2.66. The number of nitrogens with zero attached hydrogens (tertiary/aromatic N) is 2. The zero-order valence-electron chi connectivity index (χ0n) is 18.4. The molecule has 0 bridgehead atoms. The smallest absolute Gasteiger partial charge is 0.209 e. The second kappa shape index (κ2) is 10.6. The minimum absolute atomic E-state index is 0.789. The summed E-state index contributed by atoms with van der Waals surface area (Å²) in [7, 11) is 1.70. The fraction of sp³-hybridized carbons (Fsp3) is 0.385. The number of rotatable bonds is 11. The van der Waals surface area contributed by atoms with Gasteiger partial charge in [-0.15, -0.1) is 0 Å². The third-order valence-corrected chi connectivity index (χ3v) is 6.54. The van der Waals surface area contributed by atoms with Gasteiger partial charge in [0.05, 0.1) is 19.4 Å². The topological polar surface area (TPSA) is 43.7 Å². The van der Waals surface area contributed by atoms with Gasteiger partial charge in [0.1, 0.15) is 11.5 Å². The summed E-state index contributed by atoms with van der Waals surface area (Å²) in [5.41, 5.74) is 4.58. The van der Waals surface area contributed by atoms with Gasteiger partial charge < -0.3 is 9.47 Å². The number of hydrogen-bond acceptors (Lipinski definition) is 5. The summed E-state index contributed by atoms with van der Waals surface area (Å²) in [6.07, 6.45) is 10.4. The van der Waals surface area contributed by atoms with Crippen LogP contribution < -0.4 is 9.47 Å². The van der Waals surface area contributed by atoms with Gasteiger partial charge in [-0.3, -0.25) is 0 Å². The number of unbranched alkanes of at least 4 members (excludes halogenated alkanes) is 5. The van der Waals surface area contributed by atoms with E-state index in [-0.39, 0.29) is 0 Å². The highest BCUT2D eigenvalue weighted by atomic mass is 32.1. The normalized spacial score (nSPS) is 12.2. The molecule has 0 unspecified atom stereocenters. The number of benzene rings is 2. The molecule has 0 radical (unpaired) electrons. The van der Waals surface area contributed by atoms with E-state index in [4.69, 9.17) is 14.5 Å². The van der Waals surface area contributed by atoms with Gasteiger partial charge in [0.25, 0.3) is 0 Å². The molecule has 0 fully saturated rings. The quantitative estimate of drug-likeness (QED) is 0.185. The van der Waals surface area contributed by atoms with Crippen molar-refractivity contribution >= 4 is 22.7 Å². The molecule has 0 aliphatic heterocycles. The highest BCUT2D eigenvalue weighted by Crippen LogP contribution is 2.42. The summed E-state index contributed by atoms with van der Waals surface area (Å²) in [6.45, 7) is 3.04. The molecule has 4 rings (SSSR count). The van der Waals surface area contributed by atoms with E-state index < -0.39 is 0 Å². The van der Waals surface area contributed by atoms with Crippen molar-refractivity contribution < 1.29 is 9.47 Å².